The Morgan fingerprint density at radius 2 is 2.08 bits per heavy atom. The Morgan fingerprint density at radius 1 is 1.25 bits per heavy atom. The normalized spacial score (nSPS) is 10.5. The fourth-order valence-electron chi connectivity index (χ4n) is 1.92. The zero-order chi connectivity index (χ0) is 16.8. The van der Waals surface area contributed by atoms with E-state index in [0.29, 0.717) is 17.4 Å². The lowest BCUT2D eigenvalue weighted by Crippen LogP contribution is -2.27. The molecule has 6 nitrogen and oxygen atoms in total. The van der Waals surface area contributed by atoms with Crippen LogP contribution in [0.25, 0.3) is 0 Å². The summed E-state index contributed by atoms with van der Waals surface area (Å²) in [4.78, 5) is 13.8. The largest absolute Gasteiger partial charge is 0.467 e. The van der Waals surface area contributed by atoms with E-state index >= 15 is 0 Å². The van der Waals surface area contributed by atoms with Gasteiger partial charge in [0.15, 0.2) is 4.34 Å². The molecule has 1 amide bonds. The van der Waals surface area contributed by atoms with Crippen molar-refractivity contribution in [2.24, 2.45) is 0 Å². The van der Waals surface area contributed by atoms with Crippen LogP contribution in [0, 0.1) is 0 Å². The van der Waals surface area contributed by atoms with Crippen molar-refractivity contribution in [1.82, 2.24) is 15.1 Å². The minimum absolute atomic E-state index is 0.0177. The third kappa shape index (κ3) is 4.59. The number of hydrogen-bond acceptors (Lipinski definition) is 7. The Hall–Kier alpha value is -2.32. The number of hydrogen-bond donors (Lipinski definition) is 1. The number of amides is 1. The van der Waals surface area contributed by atoms with Gasteiger partial charge in [-0.1, -0.05) is 41.3 Å². The highest BCUT2D eigenvalue weighted by atomic mass is 32.2. The monoisotopic (exact) mass is 360 g/mol. The first-order valence-corrected chi connectivity index (χ1v) is 9.05. The van der Waals surface area contributed by atoms with Crippen LogP contribution >= 0.6 is 23.1 Å². The maximum absolute atomic E-state index is 12.1. The van der Waals surface area contributed by atoms with Gasteiger partial charge in [0.25, 0.3) is 0 Å². The number of para-hydroxylation sites is 1. The van der Waals surface area contributed by atoms with Crippen LogP contribution in [0.2, 0.25) is 0 Å². The molecule has 124 valence electrons. The number of carbonyl (C=O) groups is 1. The number of benzene rings is 1. The van der Waals surface area contributed by atoms with Crippen LogP contribution in [0.1, 0.15) is 5.76 Å². The summed E-state index contributed by atoms with van der Waals surface area (Å²) < 4.78 is 6.01. The zero-order valence-electron chi connectivity index (χ0n) is 13.0. The predicted molar refractivity (Wildman–Crippen MR) is 95.5 cm³/mol. The zero-order valence-corrected chi connectivity index (χ0v) is 14.6. The minimum Gasteiger partial charge on any atom is -0.467 e. The fourth-order valence-corrected chi connectivity index (χ4v) is 3.63. The van der Waals surface area contributed by atoms with Gasteiger partial charge in [-0.25, -0.2) is 0 Å². The highest BCUT2D eigenvalue weighted by Gasteiger charge is 2.13. The van der Waals surface area contributed by atoms with Crippen molar-refractivity contribution < 1.29 is 9.21 Å². The molecule has 3 aromatic rings. The Morgan fingerprint density at radius 3 is 2.83 bits per heavy atom. The summed E-state index contributed by atoms with van der Waals surface area (Å²) in [5, 5.41) is 12.1. The molecular formula is C16H16N4O2S2. The molecule has 2 heterocycles. The first kappa shape index (κ1) is 16.5. The Labute approximate surface area is 147 Å². The quantitative estimate of drug-likeness (QED) is 0.649. The number of aromatic nitrogens is 2. The van der Waals surface area contributed by atoms with Crippen molar-refractivity contribution in [3.8, 4) is 0 Å². The van der Waals surface area contributed by atoms with Crippen molar-refractivity contribution in [2.75, 3.05) is 18.1 Å². The average molecular weight is 360 g/mol. The molecule has 0 saturated carbocycles. The van der Waals surface area contributed by atoms with Gasteiger partial charge < -0.3 is 14.6 Å². The molecular weight excluding hydrogens is 344 g/mol. The van der Waals surface area contributed by atoms with Gasteiger partial charge in [0.05, 0.1) is 18.6 Å². The van der Waals surface area contributed by atoms with Crippen LogP contribution < -0.4 is 5.32 Å². The molecule has 0 radical (unpaired) electrons. The Kier molecular flexibility index (Phi) is 5.50. The standard InChI is InChI=1S/C16H16N4O2S2/c1-20(10-13-8-5-9-22-13)14(21)11-23-16-19-18-15(24-16)17-12-6-3-2-4-7-12/h2-9H,10-11H2,1H3,(H,17,18). The van der Waals surface area contributed by atoms with E-state index in [2.05, 4.69) is 15.5 Å². The maximum Gasteiger partial charge on any atom is 0.233 e. The summed E-state index contributed by atoms with van der Waals surface area (Å²) in [6.07, 6.45) is 1.60. The molecule has 0 spiro atoms. The van der Waals surface area contributed by atoms with Crippen LogP contribution in [0.4, 0.5) is 10.8 Å². The molecule has 0 aliphatic carbocycles. The topological polar surface area (TPSA) is 71.3 Å². The number of rotatable bonds is 7. The first-order chi connectivity index (χ1) is 11.7. The van der Waals surface area contributed by atoms with Crippen molar-refractivity contribution in [3.63, 3.8) is 0 Å². The molecule has 0 bridgehead atoms. The molecule has 24 heavy (non-hydrogen) atoms. The van der Waals surface area contributed by atoms with Crippen LogP contribution in [-0.2, 0) is 11.3 Å². The lowest BCUT2D eigenvalue weighted by atomic mass is 10.3. The number of carbonyl (C=O) groups excluding carboxylic acids is 1. The molecule has 8 heteroatoms. The van der Waals surface area contributed by atoms with E-state index in [1.54, 1.807) is 18.2 Å². The van der Waals surface area contributed by atoms with Crippen LogP contribution in [-0.4, -0.2) is 33.8 Å². The molecule has 0 aliphatic heterocycles. The number of nitrogens with one attached hydrogen (secondary N) is 1. The molecule has 0 unspecified atom stereocenters. The van der Waals surface area contributed by atoms with Crippen LogP contribution in [0.3, 0.4) is 0 Å². The van der Waals surface area contributed by atoms with E-state index in [9.17, 15) is 4.79 Å². The van der Waals surface area contributed by atoms with E-state index < -0.39 is 0 Å². The number of nitrogens with zero attached hydrogens (tertiary/aromatic N) is 3. The lowest BCUT2D eigenvalue weighted by molar-refractivity contribution is -0.127. The second-order valence-electron chi connectivity index (χ2n) is 4.98. The van der Waals surface area contributed by atoms with E-state index in [0.717, 1.165) is 15.8 Å². The number of thioether (sulfide) groups is 1. The Balaban J connectivity index is 1.49. The summed E-state index contributed by atoms with van der Waals surface area (Å²) >= 11 is 2.81. The number of anilines is 2. The van der Waals surface area contributed by atoms with Crippen LogP contribution in [0.15, 0.2) is 57.5 Å². The summed E-state index contributed by atoms with van der Waals surface area (Å²) in [5.41, 5.74) is 0.958. The van der Waals surface area contributed by atoms with Crippen LogP contribution in [0.5, 0.6) is 0 Å². The van der Waals surface area contributed by atoms with Crippen molar-refractivity contribution in [3.05, 3.63) is 54.5 Å². The summed E-state index contributed by atoms with van der Waals surface area (Å²) in [6.45, 7) is 0.462. The summed E-state index contributed by atoms with van der Waals surface area (Å²) in [5.74, 6) is 1.10. The Bertz CT molecular complexity index is 774. The first-order valence-electron chi connectivity index (χ1n) is 7.25. The highest BCUT2D eigenvalue weighted by Crippen LogP contribution is 2.27. The van der Waals surface area contributed by atoms with Gasteiger partial charge in [-0.3, -0.25) is 4.79 Å². The third-order valence-electron chi connectivity index (χ3n) is 3.15. The number of furan rings is 1. The molecule has 3 rings (SSSR count). The van der Waals surface area contributed by atoms with Crippen molar-refractivity contribution in [1.29, 1.82) is 0 Å². The van der Waals surface area contributed by atoms with Gasteiger partial charge in [0.1, 0.15) is 5.76 Å². The molecule has 0 aliphatic rings. The van der Waals surface area contributed by atoms with Gasteiger partial charge in [-0.15, -0.1) is 10.2 Å². The van der Waals surface area contributed by atoms with Gasteiger partial charge in [0, 0.05) is 12.7 Å². The fraction of sp³-hybridized carbons (Fsp3) is 0.188. The second kappa shape index (κ2) is 7.98. The maximum atomic E-state index is 12.1. The molecule has 2 aromatic heterocycles. The van der Waals surface area contributed by atoms with Crippen molar-refractivity contribution in [2.45, 2.75) is 10.9 Å². The average Bonchev–Trinajstić information content (AvgIpc) is 3.25. The predicted octanol–water partition coefficient (Wildman–Crippen LogP) is 3.63. The third-order valence-corrected chi connectivity index (χ3v) is 5.11. The van der Waals surface area contributed by atoms with E-state index in [-0.39, 0.29) is 5.91 Å². The van der Waals surface area contributed by atoms with Gasteiger partial charge in [0.2, 0.25) is 11.0 Å². The molecule has 0 fully saturated rings. The van der Waals surface area contributed by atoms with Gasteiger partial charge >= 0.3 is 0 Å². The van der Waals surface area contributed by atoms with Gasteiger partial charge in [-0.2, -0.15) is 0 Å². The second-order valence-corrected chi connectivity index (χ2v) is 7.18. The smallest absolute Gasteiger partial charge is 0.233 e. The summed E-state index contributed by atoms with van der Waals surface area (Å²) in [6, 6.07) is 13.4. The van der Waals surface area contributed by atoms with E-state index in [1.807, 2.05) is 42.5 Å². The minimum atomic E-state index is 0.0177. The highest BCUT2D eigenvalue weighted by molar-refractivity contribution is 8.01. The lowest BCUT2D eigenvalue weighted by Gasteiger charge is -2.14. The van der Waals surface area contributed by atoms with E-state index in [1.165, 1.54) is 23.1 Å². The van der Waals surface area contributed by atoms with Gasteiger partial charge in [-0.05, 0) is 24.3 Å². The summed E-state index contributed by atoms with van der Waals surface area (Å²) in [7, 11) is 1.76. The molecule has 0 atom stereocenters. The SMILES string of the molecule is CN(Cc1ccco1)C(=O)CSc1nnc(Nc2ccccc2)s1. The van der Waals surface area contributed by atoms with Crippen molar-refractivity contribution >= 4 is 39.8 Å². The molecule has 1 aromatic carbocycles. The molecule has 1 N–H and O–H groups in total. The van der Waals surface area contributed by atoms with E-state index in [4.69, 9.17) is 4.42 Å². The molecule has 0 saturated heterocycles.